The molecule has 38 heavy (non-hydrogen) atoms. The number of benzene rings is 2. The third-order valence-electron chi connectivity index (χ3n) is 8.62. The molecule has 0 radical (unpaired) electrons. The van der Waals surface area contributed by atoms with Gasteiger partial charge in [-0.3, -0.25) is 14.6 Å². The lowest BCUT2D eigenvalue weighted by Gasteiger charge is -2.39. The number of halogens is 2. The van der Waals surface area contributed by atoms with Crippen LogP contribution in [0.25, 0.3) is 0 Å². The molecule has 0 saturated carbocycles. The maximum atomic E-state index is 15.0. The molecule has 3 saturated heterocycles. The van der Waals surface area contributed by atoms with E-state index < -0.39 is 11.6 Å². The van der Waals surface area contributed by atoms with Crippen molar-refractivity contribution in [1.82, 2.24) is 14.7 Å². The summed E-state index contributed by atoms with van der Waals surface area (Å²) in [5, 5.41) is 0. The van der Waals surface area contributed by atoms with E-state index >= 15 is 0 Å². The molecule has 200 valence electrons. The Morgan fingerprint density at radius 1 is 0.895 bits per heavy atom. The molecule has 7 heteroatoms. The second-order valence-corrected chi connectivity index (χ2v) is 11.1. The summed E-state index contributed by atoms with van der Waals surface area (Å²) in [5.74, 6) is -0.0448. The molecule has 0 N–H and O–H groups in total. The number of hydrogen-bond acceptors (Lipinski definition) is 4. The summed E-state index contributed by atoms with van der Waals surface area (Å²) in [6.45, 7) is 5.48. The van der Waals surface area contributed by atoms with Crippen LogP contribution in [0.15, 0.2) is 65.1 Å². The fourth-order valence-corrected chi connectivity index (χ4v) is 6.73. The third-order valence-corrected chi connectivity index (χ3v) is 8.62. The van der Waals surface area contributed by atoms with Crippen molar-refractivity contribution < 1.29 is 18.0 Å². The van der Waals surface area contributed by atoms with Crippen LogP contribution in [0, 0.1) is 17.6 Å². The zero-order valence-electron chi connectivity index (χ0n) is 21.7. The first-order valence-electron chi connectivity index (χ1n) is 13.9. The summed E-state index contributed by atoms with van der Waals surface area (Å²) in [6, 6.07) is 18.1. The highest BCUT2D eigenvalue weighted by Crippen LogP contribution is 2.43. The van der Waals surface area contributed by atoms with Crippen molar-refractivity contribution in [3.63, 3.8) is 0 Å². The van der Waals surface area contributed by atoms with Crippen molar-refractivity contribution in [2.75, 3.05) is 32.7 Å². The van der Waals surface area contributed by atoms with Crippen molar-refractivity contribution in [2.24, 2.45) is 5.92 Å². The molecule has 0 aliphatic carbocycles. The average Bonchev–Trinajstić information content (AvgIpc) is 3.54. The first-order chi connectivity index (χ1) is 18.5. The lowest BCUT2D eigenvalue weighted by atomic mass is 9.81. The topological polar surface area (TPSA) is 39.9 Å². The SMILES string of the molecule is O=C(c1ccc(CN2CCCCC2)o1)N1CC[C@@H]2[C@H](C1)[C@@H](c1ccc(F)cc1F)CN2Cc1ccccc1. The average molecular weight is 520 g/mol. The van der Waals surface area contributed by atoms with E-state index in [-0.39, 0.29) is 23.8 Å². The molecule has 3 atom stereocenters. The summed E-state index contributed by atoms with van der Waals surface area (Å²) in [6.07, 6.45) is 4.50. The maximum absolute atomic E-state index is 15.0. The standard InChI is InChI=1S/C31H35F2N3O2/c32-23-9-11-25(28(33)17-23)26-20-36(18-22-7-3-1-4-8-22)29-13-16-35(21-27(26)29)31(37)30-12-10-24(38-30)19-34-14-5-2-6-15-34/h1,3-4,7-12,17,26-27,29H,2,5-6,13-16,18-21H2/t26-,27-,29-/m1/s1. The zero-order chi connectivity index (χ0) is 26.1. The minimum Gasteiger partial charge on any atom is -0.455 e. The smallest absolute Gasteiger partial charge is 0.289 e. The Hall–Kier alpha value is -3.03. The number of nitrogens with zero attached hydrogens (tertiary/aromatic N) is 3. The monoisotopic (exact) mass is 519 g/mol. The van der Waals surface area contributed by atoms with Crippen molar-refractivity contribution in [2.45, 2.75) is 50.7 Å². The second-order valence-electron chi connectivity index (χ2n) is 11.1. The van der Waals surface area contributed by atoms with E-state index in [1.54, 1.807) is 12.1 Å². The van der Waals surface area contributed by atoms with Gasteiger partial charge in [0.1, 0.15) is 17.4 Å². The number of likely N-dealkylation sites (tertiary alicyclic amines) is 3. The van der Waals surface area contributed by atoms with Gasteiger partial charge in [0.05, 0.1) is 6.54 Å². The van der Waals surface area contributed by atoms with E-state index in [2.05, 4.69) is 21.9 Å². The van der Waals surface area contributed by atoms with Gasteiger partial charge < -0.3 is 9.32 Å². The second kappa shape index (κ2) is 11.0. The Kier molecular flexibility index (Phi) is 7.30. The van der Waals surface area contributed by atoms with Crippen LogP contribution in [0.3, 0.4) is 0 Å². The van der Waals surface area contributed by atoms with Gasteiger partial charge in [0.15, 0.2) is 5.76 Å². The summed E-state index contributed by atoms with van der Waals surface area (Å²) < 4.78 is 34.7. The van der Waals surface area contributed by atoms with Crippen molar-refractivity contribution >= 4 is 5.91 Å². The minimum absolute atomic E-state index is 0.0548. The molecule has 3 aromatic rings. The van der Waals surface area contributed by atoms with Crippen LogP contribution in [0.1, 0.15) is 59.0 Å². The van der Waals surface area contributed by atoms with E-state index in [0.29, 0.717) is 31.0 Å². The minimum atomic E-state index is -0.569. The molecule has 3 aliphatic heterocycles. The highest BCUT2D eigenvalue weighted by molar-refractivity contribution is 5.91. The number of fused-ring (bicyclic) bond motifs is 1. The van der Waals surface area contributed by atoms with E-state index in [1.165, 1.54) is 30.9 Å². The molecule has 0 bridgehead atoms. The van der Waals surface area contributed by atoms with E-state index in [9.17, 15) is 13.6 Å². The van der Waals surface area contributed by atoms with Gasteiger partial charge in [0, 0.05) is 50.1 Å². The van der Waals surface area contributed by atoms with Gasteiger partial charge in [-0.25, -0.2) is 8.78 Å². The predicted octanol–water partition coefficient (Wildman–Crippen LogP) is 5.67. The van der Waals surface area contributed by atoms with Crippen LogP contribution in [0.4, 0.5) is 8.78 Å². The molecule has 0 unspecified atom stereocenters. The Labute approximate surface area is 223 Å². The van der Waals surface area contributed by atoms with Crippen LogP contribution in [-0.2, 0) is 13.1 Å². The predicted molar refractivity (Wildman–Crippen MR) is 142 cm³/mol. The molecule has 2 aromatic carbocycles. The van der Waals surface area contributed by atoms with Gasteiger partial charge in [0.2, 0.25) is 0 Å². The van der Waals surface area contributed by atoms with Crippen molar-refractivity contribution in [3.05, 3.63) is 94.9 Å². The summed E-state index contributed by atoms with van der Waals surface area (Å²) in [5.41, 5.74) is 1.75. The number of carbonyl (C=O) groups excluding carboxylic acids is 1. The molecule has 3 aliphatic rings. The van der Waals surface area contributed by atoms with Crippen molar-refractivity contribution in [3.8, 4) is 0 Å². The van der Waals surface area contributed by atoms with Crippen LogP contribution in [0.5, 0.6) is 0 Å². The normalized spacial score (nSPS) is 24.5. The van der Waals surface area contributed by atoms with E-state index in [1.807, 2.05) is 29.2 Å². The quantitative estimate of drug-likeness (QED) is 0.421. The van der Waals surface area contributed by atoms with Gasteiger partial charge in [-0.1, -0.05) is 42.8 Å². The van der Waals surface area contributed by atoms with Gasteiger partial charge >= 0.3 is 0 Å². The number of furan rings is 1. The van der Waals surface area contributed by atoms with Crippen LogP contribution >= 0.6 is 0 Å². The van der Waals surface area contributed by atoms with E-state index in [0.717, 1.165) is 44.4 Å². The number of hydrogen-bond donors (Lipinski definition) is 0. The van der Waals surface area contributed by atoms with Gasteiger partial charge in [-0.2, -0.15) is 0 Å². The lowest BCUT2D eigenvalue weighted by molar-refractivity contribution is 0.0550. The van der Waals surface area contributed by atoms with Gasteiger partial charge in [-0.15, -0.1) is 0 Å². The van der Waals surface area contributed by atoms with Gasteiger partial charge in [-0.05, 0) is 61.7 Å². The molecular formula is C31H35F2N3O2. The van der Waals surface area contributed by atoms with Gasteiger partial charge in [0.25, 0.3) is 5.91 Å². The molecule has 0 spiro atoms. The first kappa shape index (κ1) is 25.3. The largest absolute Gasteiger partial charge is 0.455 e. The summed E-state index contributed by atoms with van der Waals surface area (Å²) >= 11 is 0. The van der Waals surface area contributed by atoms with E-state index in [4.69, 9.17) is 4.42 Å². The first-order valence-corrected chi connectivity index (χ1v) is 13.9. The molecule has 5 nitrogen and oxygen atoms in total. The number of piperidine rings is 2. The Morgan fingerprint density at radius 2 is 1.71 bits per heavy atom. The molecular weight excluding hydrogens is 484 g/mol. The van der Waals surface area contributed by atoms with Crippen LogP contribution in [0.2, 0.25) is 0 Å². The molecule has 4 heterocycles. The third kappa shape index (κ3) is 5.27. The Balaban J connectivity index is 1.20. The molecule has 6 rings (SSSR count). The summed E-state index contributed by atoms with van der Waals surface area (Å²) in [7, 11) is 0. The molecule has 1 aromatic heterocycles. The number of rotatable bonds is 6. The maximum Gasteiger partial charge on any atom is 0.289 e. The lowest BCUT2D eigenvalue weighted by Crippen LogP contribution is -2.48. The van der Waals surface area contributed by atoms with Crippen molar-refractivity contribution in [1.29, 1.82) is 0 Å². The Bertz CT molecular complexity index is 1260. The summed E-state index contributed by atoms with van der Waals surface area (Å²) in [4.78, 5) is 20.2. The number of carbonyl (C=O) groups is 1. The molecule has 1 amide bonds. The highest BCUT2D eigenvalue weighted by Gasteiger charge is 2.47. The highest BCUT2D eigenvalue weighted by atomic mass is 19.1. The fraction of sp³-hybridized carbons (Fsp3) is 0.452. The fourth-order valence-electron chi connectivity index (χ4n) is 6.73. The number of amides is 1. The van der Waals surface area contributed by atoms with Crippen LogP contribution < -0.4 is 0 Å². The molecule has 3 fully saturated rings. The zero-order valence-corrected chi connectivity index (χ0v) is 21.7. The van der Waals surface area contributed by atoms with Crippen LogP contribution in [-0.4, -0.2) is 59.4 Å². The Morgan fingerprint density at radius 3 is 2.50 bits per heavy atom.